The third-order valence-corrected chi connectivity index (χ3v) is 10.8. The lowest BCUT2D eigenvalue weighted by Gasteiger charge is -2.30. The SMILES string of the molecule is COC(=O)N[C@H](C(=O)N1CCC[C@H]1c1ncc(-c2ccc(-c3ccc(-c4c[nH]c([C@@H]5CCCN5C(=O)[C@H](Cc5cccnc5)NC(=O)O)n4)cc3)cc2)[nH]1)C(C)C. The van der Waals surface area contributed by atoms with E-state index < -0.39 is 24.3 Å². The molecule has 5 aromatic rings. The summed E-state index contributed by atoms with van der Waals surface area (Å²) in [6, 6.07) is 17.7. The average molecular weight is 774 g/mol. The Kier molecular flexibility index (Phi) is 11.6. The Bertz CT molecular complexity index is 2180. The van der Waals surface area contributed by atoms with Crippen molar-refractivity contribution in [3.63, 3.8) is 0 Å². The van der Waals surface area contributed by atoms with E-state index in [1.54, 1.807) is 34.5 Å². The second-order valence-electron chi connectivity index (χ2n) is 14.8. The minimum Gasteiger partial charge on any atom is -0.465 e. The molecule has 2 fully saturated rings. The van der Waals surface area contributed by atoms with E-state index in [2.05, 4.69) is 42.7 Å². The Labute approximate surface area is 330 Å². The molecule has 0 radical (unpaired) electrons. The van der Waals surface area contributed by atoms with Crippen molar-refractivity contribution in [2.75, 3.05) is 20.2 Å². The third kappa shape index (κ3) is 8.67. The molecule has 4 atom stereocenters. The normalized spacial score (nSPS) is 17.7. The maximum atomic E-state index is 13.7. The summed E-state index contributed by atoms with van der Waals surface area (Å²) in [5, 5.41) is 14.6. The van der Waals surface area contributed by atoms with Crippen LogP contribution in [0.5, 0.6) is 0 Å². The first-order chi connectivity index (χ1) is 27.6. The van der Waals surface area contributed by atoms with Crippen molar-refractivity contribution in [3.05, 3.63) is 103 Å². The number of carboxylic acid groups (broad SMARTS) is 1. The van der Waals surface area contributed by atoms with Crippen LogP contribution in [0.3, 0.4) is 0 Å². The predicted octanol–water partition coefficient (Wildman–Crippen LogP) is 6.12. The van der Waals surface area contributed by atoms with Crippen molar-refractivity contribution in [1.82, 2.24) is 45.4 Å². The van der Waals surface area contributed by atoms with Gasteiger partial charge in [-0.05, 0) is 59.9 Å². The van der Waals surface area contributed by atoms with Crippen LogP contribution in [0.4, 0.5) is 9.59 Å². The number of nitrogens with zero attached hydrogens (tertiary/aromatic N) is 5. The number of methoxy groups -OCH3 is 1. The van der Waals surface area contributed by atoms with Crippen LogP contribution < -0.4 is 10.6 Å². The zero-order valence-electron chi connectivity index (χ0n) is 32.1. The monoisotopic (exact) mass is 773 g/mol. The number of ether oxygens (including phenoxy) is 1. The number of H-pyrrole nitrogens is 2. The number of carbonyl (C=O) groups is 4. The smallest absolute Gasteiger partial charge is 0.407 e. The highest BCUT2D eigenvalue weighted by molar-refractivity contribution is 5.87. The van der Waals surface area contributed by atoms with Crippen LogP contribution in [0.15, 0.2) is 85.5 Å². The molecule has 0 unspecified atom stereocenters. The second-order valence-corrected chi connectivity index (χ2v) is 14.8. The summed E-state index contributed by atoms with van der Waals surface area (Å²) >= 11 is 0. The Morgan fingerprint density at radius 2 is 1.47 bits per heavy atom. The highest BCUT2D eigenvalue weighted by Gasteiger charge is 2.38. The number of benzene rings is 2. The van der Waals surface area contributed by atoms with Crippen LogP contribution in [0, 0.1) is 5.92 Å². The van der Waals surface area contributed by atoms with E-state index in [4.69, 9.17) is 9.72 Å². The van der Waals surface area contributed by atoms with Gasteiger partial charge in [-0.25, -0.2) is 19.6 Å². The van der Waals surface area contributed by atoms with E-state index in [1.165, 1.54) is 7.11 Å². The first kappa shape index (κ1) is 38.8. The van der Waals surface area contributed by atoms with Crippen LogP contribution >= 0.6 is 0 Å². The van der Waals surface area contributed by atoms with Gasteiger partial charge in [0.2, 0.25) is 11.8 Å². The number of nitrogens with one attached hydrogen (secondary N) is 4. The van der Waals surface area contributed by atoms with Crippen molar-refractivity contribution in [1.29, 1.82) is 0 Å². The Morgan fingerprint density at radius 1 is 0.842 bits per heavy atom. The lowest BCUT2D eigenvalue weighted by atomic mass is 10.0. The summed E-state index contributed by atoms with van der Waals surface area (Å²) in [4.78, 5) is 74.6. The minimum atomic E-state index is -1.25. The minimum absolute atomic E-state index is 0.112. The number of carbonyl (C=O) groups excluding carboxylic acids is 3. The lowest BCUT2D eigenvalue weighted by molar-refractivity contribution is -0.135. The van der Waals surface area contributed by atoms with Crippen LogP contribution in [0.1, 0.15) is 68.8 Å². The summed E-state index contributed by atoms with van der Waals surface area (Å²) in [7, 11) is 1.28. The van der Waals surface area contributed by atoms with Gasteiger partial charge in [0.05, 0.1) is 36.8 Å². The molecule has 5 N–H and O–H groups in total. The molecule has 15 nitrogen and oxygen atoms in total. The average Bonchev–Trinajstić information content (AvgIpc) is 4.06. The molecule has 4 amide bonds. The molecule has 0 spiro atoms. The number of aromatic amines is 2. The number of hydrogen-bond acceptors (Lipinski definition) is 8. The topological polar surface area (TPSA) is 199 Å². The van der Waals surface area contributed by atoms with Crippen molar-refractivity contribution in [2.45, 2.75) is 70.1 Å². The van der Waals surface area contributed by atoms with E-state index in [9.17, 15) is 24.3 Å². The van der Waals surface area contributed by atoms with E-state index in [-0.39, 0.29) is 36.2 Å². The fourth-order valence-corrected chi connectivity index (χ4v) is 7.80. The Hall–Kier alpha value is -6.51. The third-order valence-electron chi connectivity index (χ3n) is 10.8. The maximum Gasteiger partial charge on any atom is 0.407 e. The predicted molar refractivity (Wildman–Crippen MR) is 211 cm³/mol. The Morgan fingerprint density at radius 3 is 2.09 bits per heavy atom. The molecule has 0 aliphatic carbocycles. The van der Waals surface area contributed by atoms with Gasteiger partial charge in [-0.3, -0.25) is 14.6 Å². The van der Waals surface area contributed by atoms with Gasteiger partial charge in [-0.15, -0.1) is 0 Å². The quantitative estimate of drug-likeness (QED) is 0.0992. The van der Waals surface area contributed by atoms with E-state index >= 15 is 0 Å². The first-order valence-corrected chi connectivity index (χ1v) is 19.2. The molecule has 2 aliphatic heterocycles. The molecule has 0 bridgehead atoms. The lowest BCUT2D eigenvalue weighted by Crippen LogP contribution is -2.51. The number of hydrogen-bond donors (Lipinski definition) is 5. The number of pyridine rings is 1. The fourth-order valence-electron chi connectivity index (χ4n) is 7.80. The van der Waals surface area contributed by atoms with Crippen LogP contribution in [0.2, 0.25) is 0 Å². The van der Waals surface area contributed by atoms with Gasteiger partial charge in [-0.1, -0.05) is 68.4 Å². The van der Waals surface area contributed by atoms with Gasteiger partial charge >= 0.3 is 12.2 Å². The fraction of sp³-hybridized carbons (Fsp3) is 0.357. The summed E-state index contributed by atoms with van der Waals surface area (Å²) in [5.74, 6) is 0.827. The van der Waals surface area contributed by atoms with E-state index in [1.807, 2.05) is 62.5 Å². The molecule has 5 heterocycles. The first-order valence-electron chi connectivity index (χ1n) is 19.2. The molecule has 2 aliphatic rings. The van der Waals surface area contributed by atoms with Crippen molar-refractivity contribution in [2.24, 2.45) is 5.92 Å². The van der Waals surface area contributed by atoms with Gasteiger partial charge in [0.1, 0.15) is 23.7 Å². The summed E-state index contributed by atoms with van der Waals surface area (Å²) in [6.45, 7) is 4.88. The van der Waals surface area contributed by atoms with Crippen molar-refractivity contribution >= 4 is 24.0 Å². The van der Waals surface area contributed by atoms with Gasteiger partial charge in [0.25, 0.3) is 0 Å². The highest BCUT2D eigenvalue weighted by atomic mass is 16.5. The molecule has 296 valence electrons. The number of imidazole rings is 2. The van der Waals surface area contributed by atoms with Crippen LogP contribution in [0.25, 0.3) is 33.6 Å². The summed E-state index contributed by atoms with van der Waals surface area (Å²) in [5.41, 5.74) is 6.31. The summed E-state index contributed by atoms with van der Waals surface area (Å²) in [6.07, 6.45) is 8.33. The maximum absolute atomic E-state index is 13.7. The molecule has 3 aromatic heterocycles. The van der Waals surface area contributed by atoms with E-state index in [0.717, 1.165) is 58.5 Å². The summed E-state index contributed by atoms with van der Waals surface area (Å²) < 4.78 is 4.75. The van der Waals surface area contributed by atoms with Crippen LogP contribution in [-0.2, 0) is 20.7 Å². The highest BCUT2D eigenvalue weighted by Crippen LogP contribution is 2.35. The van der Waals surface area contributed by atoms with E-state index in [0.29, 0.717) is 31.2 Å². The number of rotatable bonds is 12. The zero-order chi connectivity index (χ0) is 40.1. The Balaban J connectivity index is 0.998. The van der Waals surface area contributed by atoms with Crippen LogP contribution in [-0.4, -0.2) is 96.1 Å². The van der Waals surface area contributed by atoms with Crippen molar-refractivity contribution < 1.29 is 29.0 Å². The molecule has 2 aromatic carbocycles. The molecular formula is C42H47N9O6. The molecule has 15 heteroatoms. The molecular weight excluding hydrogens is 727 g/mol. The standard InChI is InChI=1S/C42H47N9O6/c1-25(2)36(49-42(56)57-3)40(53)51-20-6-9-35(51)38-45-24-33(47-38)30-16-12-28(13-17-30)27-10-14-29(15-11-27)32-23-44-37(46-32)34-8-5-19-50(34)39(52)31(48-41(54)55)21-26-7-4-18-43-22-26/h4,7,10-18,22-25,31,34-36,48H,5-6,8-9,19-21H2,1-3H3,(H,44,46)(H,45,47)(H,49,56)(H,54,55)/t31-,34-,35-,36-/m0/s1. The van der Waals surface area contributed by atoms with Gasteiger partial charge in [-0.2, -0.15) is 0 Å². The number of likely N-dealkylation sites (tertiary alicyclic amines) is 2. The molecule has 2 saturated heterocycles. The van der Waals surface area contributed by atoms with Gasteiger partial charge < -0.3 is 40.2 Å². The van der Waals surface area contributed by atoms with Gasteiger partial charge in [0.15, 0.2) is 0 Å². The number of amides is 4. The largest absolute Gasteiger partial charge is 0.465 e. The number of alkyl carbamates (subject to hydrolysis) is 1. The second kappa shape index (κ2) is 17.1. The number of aromatic nitrogens is 5. The van der Waals surface area contributed by atoms with Crippen molar-refractivity contribution in [3.8, 4) is 33.6 Å². The molecule has 7 rings (SSSR count). The molecule has 0 saturated carbocycles. The molecule has 57 heavy (non-hydrogen) atoms. The zero-order valence-corrected chi connectivity index (χ0v) is 32.1. The van der Waals surface area contributed by atoms with Gasteiger partial charge in [0, 0.05) is 43.7 Å².